The third kappa shape index (κ3) is 2.92. The van der Waals surface area contributed by atoms with E-state index in [1.165, 1.54) is 6.07 Å². The van der Waals surface area contributed by atoms with Crippen molar-refractivity contribution in [2.45, 2.75) is 32.6 Å². The first-order valence-corrected chi connectivity index (χ1v) is 9.51. The lowest BCUT2D eigenvalue weighted by Gasteiger charge is -2.21. The molecule has 5 rings (SSSR count). The average Bonchev–Trinajstić information content (AvgIpc) is 3.09. The minimum Gasteiger partial charge on any atom is -0.423 e. The molecule has 142 valence electrons. The van der Waals surface area contributed by atoms with Gasteiger partial charge in [0.15, 0.2) is 5.89 Å². The Bertz CT molecular complexity index is 1200. The normalized spacial score (nSPS) is 15.5. The first-order valence-electron chi connectivity index (χ1n) is 9.51. The Hall–Kier alpha value is -2.93. The largest absolute Gasteiger partial charge is 0.423 e. The van der Waals surface area contributed by atoms with Crippen LogP contribution in [-0.4, -0.2) is 33.3 Å². The minimum absolute atomic E-state index is 0.314. The van der Waals surface area contributed by atoms with Crippen molar-refractivity contribution in [3.8, 4) is 11.3 Å². The summed E-state index contributed by atoms with van der Waals surface area (Å²) in [5.41, 5.74) is 4.80. The molecule has 1 N–H and O–H groups in total. The van der Waals surface area contributed by atoms with E-state index in [1.807, 2.05) is 25.1 Å². The Morgan fingerprint density at radius 2 is 1.86 bits per heavy atom. The number of nitrogens with one attached hydrogen (secondary N) is 1. The first kappa shape index (κ1) is 17.2. The molecule has 1 aliphatic heterocycles. The van der Waals surface area contributed by atoms with Crippen molar-refractivity contribution < 1.29 is 8.81 Å². The Morgan fingerprint density at radius 3 is 2.68 bits per heavy atom. The van der Waals surface area contributed by atoms with Crippen LogP contribution in [0.4, 0.5) is 4.39 Å². The second-order valence-corrected chi connectivity index (χ2v) is 7.40. The monoisotopic (exact) mass is 377 g/mol. The van der Waals surface area contributed by atoms with Gasteiger partial charge in [-0.15, -0.1) is 0 Å². The average molecular weight is 377 g/mol. The number of oxazole rings is 1. The number of nitrogens with zero attached hydrogens (tertiary/aromatic N) is 4. The molecule has 3 aromatic heterocycles. The maximum absolute atomic E-state index is 15.0. The molecular weight excluding hydrogens is 357 g/mol. The van der Waals surface area contributed by atoms with Crippen molar-refractivity contribution in [3.63, 3.8) is 0 Å². The zero-order valence-electron chi connectivity index (χ0n) is 15.8. The molecule has 0 amide bonds. The van der Waals surface area contributed by atoms with Crippen molar-refractivity contribution in [1.82, 2.24) is 25.5 Å². The van der Waals surface area contributed by atoms with Crippen LogP contribution >= 0.6 is 0 Å². The van der Waals surface area contributed by atoms with Gasteiger partial charge in [-0.05, 0) is 62.7 Å². The molecule has 0 radical (unpaired) electrons. The molecule has 1 fully saturated rings. The van der Waals surface area contributed by atoms with E-state index in [0.29, 0.717) is 39.7 Å². The summed E-state index contributed by atoms with van der Waals surface area (Å²) in [7, 11) is 0. The summed E-state index contributed by atoms with van der Waals surface area (Å²) < 4.78 is 20.5. The number of benzene rings is 1. The van der Waals surface area contributed by atoms with Gasteiger partial charge in [-0.2, -0.15) is 10.2 Å². The number of fused-ring (bicyclic) bond motifs is 2. The van der Waals surface area contributed by atoms with E-state index in [4.69, 9.17) is 4.42 Å². The van der Waals surface area contributed by atoms with Gasteiger partial charge in [0.2, 0.25) is 5.71 Å². The zero-order valence-corrected chi connectivity index (χ0v) is 15.8. The number of rotatable bonds is 2. The van der Waals surface area contributed by atoms with Crippen LogP contribution in [0.1, 0.15) is 35.9 Å². The number of piperidine rings is 1. The molecule has 4 aromatic rings. The topological polar surface area (TPSA) is 76.7 Å². The maximum Gasteiger partial charge on any atom is 0.247 e. The highest BCUT2D eigenvalue weighted by atomic mass is 19.1. The van der Waals surface area contributed by atoms with Crippen LogP contribution in [0.25, 0.3) is 33.4 Å². The van der Waals surface area contributed by atoms with E-state index in [1.54, 1.807) is 6.92 Å². The summed E-state index contributed by atoms with van der Waals surface area (Å²) in [6.07, 6.45) is 2.00. The van der Waals surface area contributed by atoms with Gasteiger partial charge in [0.25, 0.3) is 0 Å². The summed E-state index contributed by atoms with van der Waals surface area (Å²) in [5.74, 6) is 0.577. The smallest absolute Gasteiger partial charge is 0.247 e. The highest BCUT2D eigenvalue weighted by Gasteiger charge is 2.19. The van der Waals surface area contributed by atoms with Gasteiger partial charge >= 0.3 is 0 Å². The van der Waals surface area contributed by atoms with Crippen molar-refractivity contribution in [3.05, 3.63) is 47.2 Å². The summed E-state index contributed by atoms with van der Waals surface area (Å²) in [5, 5.41) is 12.5. The van der Waals surface area contributed by atoms with Crippen LogP contribution in [0.2, 0.25) is 0 Å². The van der Waals surface area contributed by atoms with Crippen LogP contribution in [0.15, 0.2) is 28.7 Å². The molecule has 0 atom stereocenters. The molecule has 6 nitrogen and oxygen atoms in total. The van der Waals surface area contributed by atoms with E-state index in [9.17, 15) is 4.39 Å². The van der Waals surface area contributed by atoms with Crippen LogP contribution in [0.5, 0.6) is 0 Å². The van der Waals surface area contributed by atoms with Gasteiger partial charge in [-0.3, -0.25) is 0 Å². The fourth-order valence-corrected chi connectivity index (χ4v) is 3.89. The van der Waals surface area contributed by atoms with Gasteiger partial charge in [-0.25, -0.2) is 14.4 Å². The Morgan fingerprint density at radius 1 is 1.04 bits per heavy atom. The fourth-order valence-electron chi connectivity index (χ4n) is 3.89. The lowest BCUT2D eigenvalue weighted by molar-refractivity contribution is 0.451. The van der Waals surface area contributed by atoms with Crippen LogP contribution in [0, 0.1) is 19.7 Å². The molecule has 0 spiro atoms. The van der Waals surface area contributed by atoms with Crippen molar-refractivity contribution in [2.24, 2.45) is 0 Å². The Kier molecular flexibility index (Phi) is 4.05. The number of halogens is 1. The predicted molar refractivity (Wildman–Crippen MR) is 105 cm³/mol. The van der Waals surface area contributed by atoms with Crippen molar-refractivity contribution >= 4 is 22.1 Å². The predicted octanol–water partition coefficient (Wildman–Crippen LogP) is 4.06. The molecule has 28 heavy (non-hydrogen) atoms. The highest BCUT2D eigenvalue weighted by molar-refractivity contribution is 5.85. The number of hydrogen-bond acceptors (Lipinski definition) is 6. The molecule has 1 aromatic carbocycles. The van der Waals surface area contributed by atoms with Crippen LogP contribution in [-0.2, 0) is 0 Å². The van der Waals surface area contributed by atoms with E-state index in [0.717, 1.165) is 42.7 Å². The van der Waals surface area contributed by atoms with E-state index in [2.05, 4.69) is 25.5 Å². The lowest BCUT2D eigenvalue weighted by Crippen LogP contribution is -2.27. The van der Waals surface area contributed by atoms with Gasteiger partial charge < -0.3 is 9.73 Å². The van der Waals surface area contributed by atoms with Crippen molar-refractivity contribution in [2.75, 3.05) is 13.1 Å². The number of hydrogen-bond donors (Lipinski definition) is 1. The zero-order chi connectivity index (χ0) is 19.3. The highest BCUT2D eigenvalue weighted by Crippen LogP contribution is 2.30. The van der Waals surface area contributed by atoms with E-state index < -0.39 is 0 Å². The van der Waals surface area contributed by atoms with Crippen LogP contribution < -0.4 is 5.32 Å². The quantitative estimate of drug-likeness (QED) is 0.568. The van der Waals surface area contributed by atoms with Gasteiger partial charge in [0, 0.05) is 23.8 Å². The van der Waals surface area contributed by atoms with Crippen LogP contribution in [0.3, 0.4) is 0 Å². The number of pyridine rings is 1. The first-order chi connectivity index (χ1) is 13.6. The molecular formula is C21H20FN5O. The third-order valence-electron chi connectivity index (χ3n) is 5.39. The second-order valence-electron chi connectivity index (χ2n) is 7.40. The SMILES string of the molecule is Cc1nc2c(C)cc(-c3cc(F)c4cc(C5CCNCC5)nnc4c3)nc2o1. The molecule has 0 bridgehead atoms. The summed E-state index contributed by atoms with van der Waals surface area (Å²) in [6, 6.07) is 7.07. The molecule has 0 aliphatic carbocycles. The summed E-state index contributed by atoms with van der Waals surface area (Å²) >= 11 is 0. The van der Waals surface area contributed by atoms with Crippen molar-refractivity contribution in [1.29, 1.82) is 0 Å². The molecule has 0 unspecified atom stereocenters. The van der Waals surface area contributed by atoms with Gasteiger partial charge in [0.1, 0.15) is 11.3 Å². The van der Waals surface area contributed by atoms with E-state index in [-0.39, 0.29) is 5.82 Å². The molecule has 7 heteroatoms. The third-order valence-corrected chi connectivity index (χ3v) is 5.39. The van der Waals surface area contributed by atoms with Gasteiger partial charge in [-0.1, -0.05) is 0 Å². The second kappa shape index (κ2) is 6.60. The maximum atomic E-state index is 15.0. The minimum atomic E-state index is -0.314. The molecule has 0 saturated carbocycles. The summed E-state index contributed by atoms with van der Waals surface area (Å²) in [6.45, 7) is 5.64. The summed E-state index contributed by atoms with van der Waals surface area (Å²) in [4.78, 5) is 8.85. The Balaban J connectivity index is 1.59. The molecule has 1 saturated heterocycles. The fraction of sp³-hybridized carbons (Fsp3) is 0.333. The number of aromatic nitrogens is 4. The molecule has 4 heterocycles. The Labute approximate surface area is 161 Å². The lowest BCUT2D eigenvalue weighted by atomic mass is 9.93. The number of aryl methyl sites for hydroxylation is 2. The standard InChI is InChI=1S/C21H20FN5O/c1-11-7-17(25-21-20(11)24-12(2)28-21)14-8-16(22)15-10-18(26-27-19(15)9-14)13-3-5-23-6-4-13/h7-10,13,23H,3-6H2,1-2H3. The van der Waals surface area contributed by atoms with Gasteiger partial charge in [0.05, 0.1) is 16.9 Å². The molecule has 1 aliphatic rings. The van der Waals surface area contributed by atoms with E-state index >= 15 is 0 Å².